The van der Waals surface area contributed by atoms with Crippen LogP contribution in [0.3, 0.4) is 0 Å². The molecule has 0 bridgehead atoms. The summed E-state index contributed by atoms with van der Waals surface area (Å²) in [6, 6.07) is 16.6. The van der Waals surface area contributed by atoms with Crippen LogP contribution in [-0.2, 0) is 10.3 Å². The van der Waals surface area contributed by atoms with Crippen molar-refractivity contribution in [1.82, 2.24) is 15.1 Å². The van der Waals surface area contributed by atoms with E-state index in [0.29, 0.717) is 13.2 Å². The van der Waals surface area contributed by atoms with Crippen LogP contribution in [0.2, 0.25) is 0 Å². The van der Waals surface area contributed by atoms with Gasteiger partial charge in [-0.2, -0.15) is 5.10 Å². The summed E-state index contributed by atoms with van der Waals surface area (Å²) in [5.41, 5.74) is 5.82. The number of amides is 1. The van der Waals surface area contributed by atoms with E-state index in [4.69, 9.17) is 4.74 Å². The number of aromatic nitrogens is 2. The third-order valence-corrected chi connectivity index (χ3v) is 5.31. The maximum Gasteiger partial charge on any atom is 0.407 e. The number of rotatable bonds is 5. The van der Waals surface area contributed by atoms with Gasteiger partial charge in [0.25, 0.3) is 0 Å². The van der Waals surface area contributed by atoms with Crippen LogP contribution in [0.4, 0.5) is 4.79 Å². The Morgan fingerprint density at radius 2 is 1.73 bits per heavy atom. The fourth-order valence-electron chi connectivity index (χ4n) is 3.78. The first kappa shape index (κ1) is 20.0. The van der Waals surface area contributed by atoms with E-state index < -0.39 is 6.09 Å². The minimum atomic E-state index is -0.410. The summed E-state index contributed by atoms with van der Waals surface area (Å²) in [5.74, 6) is 0.0712. The Kier molecular flexibility index (Phi) is 5.44. The van der Waals surface area contributed by atoms with Crippen molar-refractivity contribution >= 4 is 12.2 Å². The molecule has 3 aromatic rings. The summed E-state index contributed by atoms with van der Waals surface area (Å²) < 4.78 is 7.46. The summed E-state index contributed by atoms with van der Waals surface area (Å²) in [6.07, 6.45) is 7.23. The molecule has 30 heavy (non-hydrogen) atoms. The predicted octanol–water partition coefficient (Wildman–Crippen LogP) is 5.19. The van der Waals surface area contributed by atoms with Gasteiger partial charge in [0, 0.05) is 24.2 Å². The molecule has 1 aliphatic rings. The number of nitrogens with one attached hydrogen (secondary N) is 1. The molecule has 1 heterocycles. The van der Waals surface area contributed by atoms with Crippen LogP contribution in [0.5, 0.6) is 0 Å². The summed E-state index contributed by atoms with van der Waals surface area (Å²) >= 11 is 0. The highest BCUT2D eigenvalue weighted by Crippen LogP contribution is 2.44. The summed E-state index contributed by atoms with van der Waals surface area (Å²) in [5, 5.41) is 7.15. The number of hydrogen-bond donors (Lipinski definition) is 1. The van der Waals surface area contributed by atoms with Gasteiger partial charge in [0.05, 0.1) is 11.7 Å². The first-order valence-corrected chi connectivity index (χ1v) is 10.2. The Morgan fingerprint density at radius 1 is 1.10 bits per heavy atom. The molecular weight excluding hydrogens is 374 g/mol. The minimum absolute atomic E-state index is 0.0500. The zero-order valence-corrected chi connectivity index (χ0v) is 17.6. The van der Waals surface area contributed by atoms with Crippen molar-refractivity contribution in [3.05, 3.63) is 83.7 Å². The largest absolute Gasteiger partial charge is 0.449 e. The molecule has 1 amide bonds. The number of alkyl carbamates (subject to hydrolysis) is 1. The van der Waals surface area contributed by atoms with E-state index in [1.165, 1.54) is 22.3 Å². The van der Waals surface area contributed by atoms with Crippen LogP contribution < -0.4 is 5.32 Å². The van der Waals surface area contributed by atoms with Crippen molar-refractivity contribution < 1.29 is 9.53 Å². The van der Waals surface area contributed by atoms with E-state index in [0.717, 1.165) is 5.56 Å². The van der Waals surface area contributed by atoms with Crippen LogP contribution >= 0.6 is 0 Å². The number of nitrogens with zero attached hydrogens (tertiary/aromatic N) is 2. The van der Waals surface area contributed by atoms with Gasteiger partial charge in [-0.1, -0.05) is 60.7 Å². The number of fused-ring (bicyclic) bond motifs is 3. The third-order valence-electron chi connectivity index (χ3n) is 5.31. The van der Waals surface area contributed by atoms with Crippen molar-refractivity contribution in [3.8, 4) is 11.1 Å². The van der Waals surface area contributed by atoms with E-state index in [1.807, 2.05) is 53.5 Å². The molecule has 0 saturated heterocycles. The highest BCUT2D eigenvalue weighted by atomic mass is 16.5. The number of hydrogen-bond acceptors (Lipinski definition) is 3. The molecule has 1 aromatic heterocycles. The highest BCUT2D eigenvalue weighted by Gasteiger charge is 2.28. The van der Waals surface area contributed by atoms with E-state index in [1.54, 1.807) is 0 Å². The molecule has 0 aliphatic heterocycles. The van der Waals surface area contributed by atoms with Crippen molar-refractivity contribution in [3.63, 3.8) is 0 Å². The van der Waals surface area contributed by atoms with E-state index in [-0.39, 0.29) is 11.5 Å². The average molecular weight is 402 g/mol. The minimum Gasteiger partial charge on any atom is -0.449 e. The lowest BCUT2D eigenvalue weighted by molar-refractivity contribution is 0.144. The standard InChI is InChI=1S/C25H27N3O2/c1-25(2,3)28-16-18(15-27-28)9-8-14-26-24(29)30-17-23-21-12-6-4-10-19(21)20-11-5-7-13-22(20)23/h4-13,15-16,23H,14,17H2,1-3H3,(H,26,29). The van der Waals surface area contributed by atoms with Crippen LogP contribution in [-0.4, -0.2) is 29.0 Å². The van der Waals surface area contributed by atoms with Crippen LogP contribution in [0.15, 0.2) is 67.0 Å². The third kappa shape index (κ3) is 4.15. The molecule has 0 saturated carbocycles. The van der Waals surface area contributed by atoms with Gasteiger partial charge >= 0.3 is 6.09 Å². The van der Waals surface area contributed by atoms with Crippen LogP contribution in [0.1, 0.15) is 43.4 Å². The van der Waals surface area contributed by atoms with Gasteiger partial charge in [0.2, 0.25) is 0 Å². The smallest absolute Gasteiger partial charge is 0.407 e. The lowest BCUT2D eigenvalue weighted by Crippen LogP contribution is -2.26. The van der Waals surface area contributed by atoms with Gasteiger partial charge in [0.1, 0.15) is 6.61 Å². The topological polar surface area (TPSA) is 56.2 Å². The Hall–Kier alpha value is -3.34. The zero-order chi connectivity index (χ0) is 21.1. The summed E-state index contributed by atoms with van der Waals surface area (Å²) in [6.45, 7) is 7.03. The maximum atomic E-state index is 12.2. The molecule has 5 nitrogen and oxygen atoms in total. The fraction of sp³-hybridized carbons (Fsp3) is 0.280. The number of benzene rings is 2. The second kappa shape index (κ2) is 8.19. The van der Waals surface area contributed by atoms with Gasteiger partial charge in [-0.25, -0.2) is 4.79 Å². The molecular formula is C25H27N3O2. The molecule has 0 fully saturated rings. The lowest BCUT2D eigenvalue weighted by atomic mass is 9.98. The fourth-order valence-corrected chi connectivity index (χ4v) is 3.78. The molecule has 0 atom stereocenters. The maximum absolute atomic E-state index is 12.2. The molecule has 1 N–H and O–H groups in total. The quantitative estimate of drug-likeness (QED) is 0.640. The summed E-state index contributed by atoms with van der Waals surface area (Å²) in [7, 11) is 0. The molecule has 2 aromatic carbocycles. The zero-order valence-electron chi connectivity index (χ0n) is 17.6. The Bertz CT molecular complexity index is 1030. The first-order chi connectivity index (χ1) is 14.4. The second-order valence-corrected chi connectivity index (χ2v) is 8.50. The van der Waals surface area contributed by atoms with Gasteiger partial charge < -0.3 is 10.1 Å². The summed E-state index contributed by atoms with van der Waals surface area (Å²) in [4.78, 5) is 12.2. The Morgan fingerprint density at radius 3 is 2.33 bits per heavy atom. The Labute approximate surface area is 177 Å². The van der Waals surface area contributed by atoms with Gasteiger partial charge in [-0.15, -0.1) is 0 Å². The van der Waals surface area contributed by atoms with E-state index in [2.05, 4.69) is 55.5 Å². The molecule has 0 unspecified atom stereocenters. The molecule has 5 heteroatoms. The lowest BCUT2D eigenvalue weighted by Gasteiger charge is -2.18. The van der Waals surface area contributed by atoms with Crippen molar-refractivity contribution in [2.45, 2.75) is 32.2 Å². The average Bonchev–Trinajstić information content (AvgIpc) is 3.33. The van der Waals surface area contributed by atoms with Crippen molar-refractivity contribution in [2.24, 2.45) is 0 Å². The van der Waals surface area contributed by atoms with Gasteiger partial charge in [0.15, 0.2) is 0 Å². The molecule has 1 aliphatic carbocycles. The molecule has 154 valence electrons. The van der Waals surface area contributed by atoms with Crippen LogP contribution in [0.25, 0.3) is 17.2 Å². The number of ether oxygens (including phenoxy) is 1. The highest BCUT2D eigenvalue weighted by molar-refractivity contribution is 5.79. The normalized spacial score (nSPS) is 13.3. The Balaban J connectivity index is 1.31. The van der Waals surface area contributed by atoms with E-state index in [9.17, 15) is 4.79 Å². The van der Waals surface area contributed by atoms with Gasteiger partial charge in [-0.05, 0) is 43.0 Å². The monoisotopic (exact) mass is 401 g/mol. The molecule has 0 radical (unpaired) electrons. The second-order valence-electron chi connectivity index (χ2n) is 8.50. The first-order valence-electron chi connectivity index (χ1n) is 10.2. The number of carbonyl (C=O) groups is 1. The van der Waals surface area contributed by atoms with Crippen molar-refractivity contribution in [2.75, 3.05) is 13.2 Å². The predicted molar refractivity (Wildman–Crippen MR) is 119 cm³/mol. The van der Waals surface area contributed by atoms with E-state index >= 15 is 0 Å². The van der Waals surface area contributed by atoms with Crippen molar-refractivity contribution in [1.29, 1.82) is 0 Å². The van der Waals surface area contributed by atoms with Gasteiger partial charge in [-0.3, -0.25) is 4.68 Å². The number of carbonyl (C=O) groups excluding carboxylic acids is 1. The molecule has 4 rings (SSSR count). The SMILES string of the molecule is CC(C)(C)n1cc(C=CCNC(=O)OCC2c3ccccc3-c3ccccc32)cn1. The van der Waals surface area contributed by atoms with Crippen LogP contribution in [0, 0.1) is 0 Å². The molecule has 0 spiro atoms.